The number of H-pyrrole nitrogens is 2. The third-order valence-corrected chi connectivity index (χ3v) is 5.11. The lowest BCUT2D eigenvalue weighted by molar-refractivity contribution is 1.02. The minimum Gasteiger partial charge on any atom is -0.366 e. The third kappa shape index (κ3) is 4.85. The zero-order chi connectivity index (χ0) is 22.5. The Morgan fingerprint density at radius 1 is 0.758 bits per heavy atom. The minimum absolute atomic E-state index is 0.559. The lowest BCUT2D eigenvalue weighted by atomic mass is 10.1. The number of hydrogen-bond donors (Lipinski definition) is 4. The molecule has 33 heavy (non-hydrogen) atoms. The van der Waals surface area contributed by atoms with Gasteiger partial charge in [0.25, 0.3) is 0 Å². The molecular weight excluding hydrogens is 416 g/mol. The maximum Gasteiger partial charge on any atom is 0.224 e. The van der Waals surface area contributed by atoms with Crippen molar-refractivity contribution in [2.45, 2.75) is 20.0 Å². The van der Waals surface area contributed by atoms with E-state index in [0.29, 0.717) is 19.0 Å². The van der Waals surface area contributed by atoms with Gasteiger partial charge in [0.1, 0.15) is 18.5 Å². The van der Waals surface area contributed by atoms with Crippen LogP contribution in [0.1, 0.15) is 16.7 Å². The van der Waals surface area contributed by atoms with Crippen molar-refractivity contribution in [2.24, 2.45) is 0 Å². The summed E-state index contributed by atoms with van der Waals surface area (Å²) in [5.41, 5.74) is 5.14. The van der Waals surface area contributed by atoms with E-state index >= 15 is 0 Å². The molecule has 4 N–H and O–H groups in total. The van der Waals surface area contributed by atoms with Gasteiger partial charge in [0.2, 0.25) is 5.95 Å². The molecule has 0 unspecified atom stereocenters. The molecule has 3 aromatic heterocycles. The topological polar surface area (TPSA) is 133 Å². The molecule has 0 amide bonds. The predicted octanol–water partition coefficient (Wildman–Crippen LogP) is 3.58. The van der Waals surface area contributed by atoms with Gasteiger partial charge < -0.3 is 10.6 Å². The van der Waals surface area contributed by atoms with Crippen LogP contribution in [0.3, 0.4) is 0 Å². The number of benzene rings is 2. The molecule has 5 aromatic rings. The summed E-state index contributed by atoms with van der Waals surface area (Å²) in [6.07, 6.45) is 4.82. The van der Waals surface area contributed by atoms with E-state index in [2.05, 4.69) is 69.2 Å². The summed E-state index contributed by atoms with van der Waals surface area (Å²) in [6, 6.07) is 16.2. The van der Waals surface area contributed by atoms with Crippen molar-refractivity contribution in [1.82, 2.24) is 40.3 Å². The largest absolute Gasteiger partial charge is 0.366 e. The van der Waals surface area contributed by atoms with E-state index in [1.54, 1.807) is 0 Å². The van der Waals surface area contributed by atoms with Crippen molar-refractivity contribution in [3.63, 3.8) is 0 Å². The standard InChI is InChI=1S/C23H22N10/c1-15-10-25-23(26-12-17-5-3-7-19(9-17)22-28-14-30-33-22)31-20(15)24-11-16-4-2-6-18(8-16)21-27-13-29-32-21/h2-10,13-14H,11-12H2,1H3,(H,27,29,32)(H,28,30,33)(H2,24,25,26,31). The van der Waals surface area contributed by atoms with Crippen LogP contribution in [-0.2, 0) is 13.1 Å². The van der Waals surface area contributed by atoms with Gasteiger partial charge in [-0.1, -0.05) is 36.4 Å². The van der Waals surface area contributed by atoms with Crippen LogP contribution in [0.2, 0.25) is 0 Å². The number of nitrogens with zero attached hydrogens (tertiary/aromatic N) is 6. The molecule has 164 valence electrons. The molecule has 0 aliphatic carbocycles. The first-order valence-electron chi connectivity index (χ1n) is 10.5. The zero-order valence-electron chi connectivity index (χ0n) is 17.9. The van der Waals surface area contributed by atoms with E-state index in [1.807, 2.05) is 43.5 Å². The highest BCUT2D eigenvalue weighted by atomic mass is 15.2. The SMILES string of the molecule is Cc1cnc(NCc2cccc(-c3ncn[nH]3)c2)nc1NCc1cccc(-c2ncn[nH]2)c1. The number of aromatic amines is 2. The predicted molar refractivity (Wildman–Crippen MR) is 125 cm³/mol. The molecule has 0 spiro atoms. The summed E-state index contributed by atoms with van der Waals surface area (Å²) in [7, 11) is 0. The minimum atomic E-state index is 0.559. The molecule has 0 bridgehead atoms. The van der Waals surface area contributed by atoms with Crippen molar-refractivity contribution in [3.05, 3.63) is 84.1 Å². The van der Waals surface area contributed by atoms with Crippen LogP contribution in [-0.4, -0.2) is 40.3 Å². The van der Waals surface area contributed by atoms with Crippen LogP contribution < -0.4 is 10.6 Å². The van der Waals surface area contributed by atoms with Crippen LogP contribution >= 0.6 is 0 Å². The summed E-state index contributed by atoms with van der Waals surface area (Å²) in [4.78, 5) is 17.5. The van der Waals surface area contributed by atoms with Crippen molar-refractivity contribution in [3.8, 4) is 22.8 Å². The number of aryl methyl sites for hydroxylation is 1. The maximum absolute atomic E-state index is 4.66. The Balaban J connectivity index is 1.24. The first kappa shape index (κ1) is 20.3. The van der Waals surface area contributed by atoms with Gasteiger partial charge in [-0.2, -0.15) is 15.2 Å². The van der Waals surface area contributed by atoms with Crippen molar-refractivity contribution in [1.29, 1.82) is 0 Å². The average Bonchev–Trinajstić information content (AvgIpc) is 3.58. The Morgan fingerprint density at radius 3 is 1.94 bits per heavy atom. The molecule has 0 aliphatic rings. The van der Waals surface area contributed by atoms with Crippen molar-refractivity contribution < 1.29 is 0 Å². The van der Waals surface area contributed by atoms with Crippen molar-refractivity contribution in [2.75, 3.05) is 10.6 Å². The van der Waals surface area contributed by atoms with Crippen LogP contribution in [0, 0.1) is 6.92 Å². The van der Waals surface area contributed by atoms with Crippen LogP contribution in [0.5, 0.6) is 0 Å². The zero-order valence-corrected chi connectivity index (χ0v) is 17.9. The van der Waals surface area contributed by atoms with E-state index in [9.17, 15) is 0 Å². The fourth-order valence-electron chi connectivity index (χ4n) is 3.42. The molecule has 0 atom stereocenters. The molecule has 5 rings (SSSR count). The number of aromatic nitrogens is 8. The van der Waals surface area contributed by atoms with Gasteiger partial charge in [-0.05, 0) is 30.2 Å². The third-order valence-electron chi connectivity index (χ3n) is 5.11. The Labute approximate surface area is 190 Å². The highest BCUT2D eigenvalue weighted by molar-refractivity contribution is 5.57. The Morgan fingerprint density at radius 2 is 1.36 bits per heavy atom. The van der Waals surface area contributed by atoms with Crippen LogP contribution in [0.4, 0.5) is 11.8 Å². The first-order valence-corrected chi connectivity index (χ1v) is 10.5. The number of nitrogens with one attached hydrogen (secondary N) is 4. The van der Waals surface area contributed by atoms with Gasteiger partial charge in [0.15, 0.2) is 11.6 Å². The Hall–Kier alpha value is -4.60. The summed E-state index contributed by atoms with van der Waals surface area (Å²) in [5, 5.41) is 20.3. The molecule has 10 nitrogen and oxygen atoms in total. The normalized spacial score (nSPS) is 10.8. The maximum atomic E-state index is 4.66. The second kappa shape index (κ2) is 9.27. The quantitative estimate of drug-likeness (QED) is 0.289. The van der Waals surface area contributed by atoms with Gasteiger partial charge in [-0.25, -0.2) is 15.0 Å². The van der Waals surface area contributed by atoms with E-state index in [4.69, 9.17) is 0 Å². The molecule has 10 heteroatoms. The van der Waals surface area contributed by atoms with E-state index in [-0.39, 0.29) is 0 Å². The lowest BCUT2D eigenvalue weighted by Gasteiger charge is -2.12. The molecule has 0 fully saturated rings. The second-order valence-corrected chi connectivity index (χ2v) is 7.50. The monoisotopic (exact) mass is 438 g/mol. The fraction of sp³-hybridized carbons (Fsp3) is 0.130. The summed E-state index contributed by atoms with van der Waals surface area (Å²) >= 11 is 0. The van der Waals surface area contributed by atoms with Gasteiger partial charge in [-0.3, -0.25) is 10.2 Å². The van der Waals surface area contributed by atoms with Gasteiger partial charge in [0, 0.05) is 36.0 Å². The van der Waals surface area contributed by atoms with Gasteiger partial charge in [0.05, 0.1) is 0 Å². The first-order chi connectivity index (χ1) is 16.2. The van der Waals surface area contributed by atoms with E-state index in [1.165, 1.54) is 12.7 Å². The highest BCUT2D eigenvalue weighted by Crippen LogP contribution is 2.19. The molecule has 2 aromatic carbocycles. The fourth-order valence-corrected chi connectivity index (χ4v) is 3.42. The lowest BCUT2D eigenvalue weighted by Crippen LogP contribution is -2.08. The van der Waals surface area contributed by atoms with Gasteiger partial charge >= 0.3 is 0 Å². The molecule has 0 aliphatic heterocycles. The van der Waals surface area contributed by atoms with Crippen LogP contribution in [0.25, 0.3) is 22.8 Å². The molecule has 3 heterocycles. The molecule has 0 radical (unpaired) electrons. The number of anilines is 2. The molecule has 0 saturated heterocycles. The van der Waals surface area contributed by atoms with Crippen molar-refractivity contribution >= 4 is 11.8 Å². The molecule has 0 saturated carbocycles. The summed E-state index contributed by atoms with van der Waals surface area (Å²) < 4.78 is 0. The van der Waals surface area contributed by atoms with Crippen LogP contribution in [0.15, 0.2) is 67.4 Å². The Kier molecular flexibility index (Phi) is 5.70. The average molecular weight is 438 g/mol. The van der Waals surface area contributed by atoms with E-state index in [0.717, 1.165) is 45.3 Å². The number of rotatable bonds is 8. The highest BCUT2D eigenvalue weighted by Gasteiger charge is 2.07. The van der Waals surface area contributed by atoms with E-state index < -0.39 is 0 Å². The Bertz CT molecular complexity index is 1330. The number of hydrogen-bond acceptors (Lipinski definition) is 8. The summed E-state index contributed by atoms with van der Waals surface area (Å²) in [6.45, 7) is 3.19. The summed E-state index contributed by atoms with van der Waals surface area (Å²) in [5.74, 6) is 2.83. The smallest absolute Gasteiger partial charge is 0.224 e. The second-order valence-electron chi connectivity index (χ2n) is 7.50. The molecular formula is C23H22N10. The van der Waals surface area contributed by atoms with Gasteiger partial charge in [-0.15, -0.1) is 0 Å².